The van der Waals surface area contributed by atoms with Gasteiger partial charge in [-0.1, -0.05) is 6.07 Å². The molecule has 0 unspecified atom stereocenters. The molecular formula is C15H20N2O3. The minimum atomic E-state index is -0.789. The summed E-state index contributed by atoms with van der Waals surface area (Å²) < 4.78 is 0. The van der Waals surface area contributed by atoms with Crippen LogP contribution < -0.4 is 0 Å². The third kappa shape index (κ3) is 3.35. The second-order valence-corrected chi connectivity index (χ2v) is 5.51. The van der Waals surface area contributed by atoms with Crippen LogP contribution in [0.2, 0.25) is 0 Å². The van der Waals surface area contributed by atoms with Gasteiger partial charge in [0, 0.05) is 18.7 Å². The van der Waals surface area contributed by atoms with Gasteiger partial charge in [0.1, 0.15) is 0 Å². The Kier molecular flexibility index (Phi) is 4.37. The fourth-order valence-corrected chi connectivity index (χ4v) is 2.75. The van der Waals surface area contributed by atoms with Crippen molar-refractivity contribution in [2.45, 2.75) is 32.7 Å². The molecule has 1 aromatic rings. The molecular weight excluding hydrogens is 256 g/mol. The molecule has 1 aliphatic rings. The average molecular weight is 276 g/mol. The summed E-state index contributed by atoms with van der Waals surface area (Å²) in [5, 5.41) is 8.98. The zero-order valence-electron chi connectivity index (χ0n) is 11.9. The van der Waals surface area contributed by atoms with Gasteiger partial charge in [-0.3, -0.25) is 14.6 Å². The van der Waals surface area contributed by atoms with Crippen molar-refractivity contribution in [2.75, 3.05) is 7.05 Å². The molecule has 5 heteroatoms. The van der Waals surface area contributed by atoms with Gasteiger partial charge in [0.25, 0.3) is 0 Å². The fourth-order valence-electron chi connectivity index (χ4n) is 2.75. The summed E-state index contributed by atoms with van der Waals surface area (Å²) in [6.07, 6.45) is 1.73. The molecule has 1 aromatic heterocycles. The lowest BCUT2D eigenvalue weighted by Crippen LogP contribution is -2.32. The summed E-state index contributed by atoms with van der Waals surface area (Å²) in [5.74, 6) is -1.29. The van der Waals surface area contributed by atoms with E-state index in [1.165, 1.54) is 0 Å². The van der Waals surface area contributed by atoms with Crippen LogP contribution in [0.5, 0.6) is 0 Å². The van der Waals surface area contributed by atoms with Crippen LogP contribution >= 0.6 is 0 Å². The molecule has 2 atom stereocenters. The number of rotatable bonds is 4. The van der Waals surface area contributed by atoms with E-state index in [0.29, 0.717) is 25.8 Å². The Hall–Kier alpha value is -1.91. The Balaban J connectivity index is 1.94. The number of carbonyl (C=O) groups excluding carboxylic acids is 1. The van der Waals surface area contributed by atoms with Gasteiger partial charge in [-0.25, -0.2) is 0 Å². The molecule has 1 N–H and O–H groups in total. The van der Waals surface area contributed by atoms with Gasteiger partial charge in [-0.05, 0) is 38.3 Å². The number of carbonyl (C=O) groups is 2. The maximum absolute atomic E-state index is 12.3. The monoisotopic (exact) mass is 276 g/mol. The first-order chi connectivity index (χ1) is 9.47. The van der Waals surface area contributed by atoms with E-state index in [4.69, 9.17) is 5.11 Å². The quantitative estimate of drug-likeness (QED) is 0.911. The highest BCUT2D eigenvalue weighted by Gasteiger charge is 2.35. The van der Waals surface area contributed by atoms with E-state index in [9.17, 15) is 9.59 Å². The maximum atomic E-state index is 12.3. The predicted molar refractivity (Wildman–Crippen MR) is 73.9 cm³/mol. The second-order valence-electron chi connectivity index (χ2n) is 5.51. The van der Waals surface area contributed by atoms with E-state index in [1.54, 1.807) is 11.9 Å². The van der Waals surface area contributed by atoms with E-state index < -0.39 is 5.97 Å². The van der Waals surface area contributed by atoms with Crippen LogP contribution in [0.1, 0.15) is 30.7 Å². The van der Waals surface area contributed by atoms with E-state index in [-0.39, 0.29) is 17.7 Å². The summed E-state index contributed by atoms with van der Waals surface area (Å²) in [5.41, 5.74) is 1.78. The third-order valence-corrected chi connectivity index (χ3v) is 3.85. The molecule has 1 aliphatic carbocycles. The van der Waals surface area contributed by atoms with Gasteiger partial charge in [-0.15, -0.1) is 0 Å². The van der Waals surface area contributed by atoms with Gasteiger partial charge >= 0.3 is 5.97 Å². The zero-order valence-corrected chi connectivity index (χ0v) is 11.9. The minimum absolute atomic E-state index is 0.0251. The lowest BCUT2D eigenvalue weighted by atomic mass is 10.0. The van der Waals surface area contributed by atoms with Crippen LogP contribution in [0.3, 0.4) is 0 Å². The molecule has 0 spiro atoms. The van der Waals surface area contributed by atoms with Crippen molar-refractivity contribution in [3.8, 4) is 0 Å². The SMILES string of the molecule is Cc1cccc(CN(C)C(=O)[C@@H]2CC[C@H](C(=O)O)C2)n1. The highest BCUT2D eigenvalue weighted by atomic mass is 16.4. The smallest absolute Gasteiger partial charge is 0.306 e. The standard InChI is InChI=1S/C15H20N2O3/c1-10-4-3-5-13(16-10)9-17(2)14(18)11-6-7-12(8-11)15(19)20/h3-5,11-12H,6-9H2,1-2H3,(H,19,20)/t11-,12+/m1/s1. The van der Waals surface area contributed by atoms with Crippen molar-refractivity contribution >= 4 is 11.9 Å². The van der Waals surface area contributed by atoms with Gasteiger partial charge in [-0.2, -0.15) is 0 Å². The van der Waals surface area contributed by atoms with Crippen molar-refractivity contribution in [2.24, 2.45) is 11.8 Å². The van der Waals surface area contributed by atoms with Crippen LogP contribution in [0.25, 0.3) is 0 Å². The summed E-state index contributed by atoms with van der Waals surface area (Å²) in [6, 6.07) is 5.73. The van der Waals surface area contributed by atoms with E-state index >= 15 is 0 Å². The van der Waals surface area contributed by atoms with Crippen LogP contribution in [0.15, 0.2) is 18.2 Å². The van der Waals surface area contributed by atoms with Crippen molar-refractivity contribution in [1.29, 1.82) is 0 Å². The maximum Gasteiger partial charge on any atom is 0.306 e. The first-order valence-electron chi connectivity index (χ1n) is 6.87. The predicted octanol–water partition coefficient (Wildman–Crippen LogP) is 1.85. The summed E-state index contributed by atoms with van der Waals surface area (Å²) in [6.45, 7) is 2.38. The topological polar surface area (TPSA) is 70.5 Å². The number of amides is 1. The van der Waals surface area contributed by atoms with Gasteiger partial charge in [0.05, 0.1) is 18.2 Å². The Morgan fingerprint density at radius 1 is 1.35 bits per heavy atom. The number of hydrogen-bond donors (Lipinski definition) is 1. The number of carboxylic acid groups (broad SMARTS) is 1. The average Bonchev–Trinajstić information content (AvgIpc) is 2.87. The molecule has 0 saturated heterocycles. The van der Waals surface area contributed by atoms with Crippen molar-refractivity contribution in [3.63, 3.8) is 0 Å². The summed E-state index contributed by atoms with van der Waals surface area (Å²) >= 11 is 0. The zero-order chi connectivity index (χ0) is 14.7. The van der Waals surface area contributed by atoms with Gasteiger partial charge in [0.15, 0.2) is 0 Å². The molecule has 1 heterocycles. The first-order valence-corrected chi connectivity index (χ1v) is 6.87. The highest BCUT2D eigenvalue weighted by Crippen LogP contribution is 2.32. The Labute approximate surface area is 118 Å². The van der Waals surface area contributed by atoms with Crippen LogP contribution in [-0.4, -0.2) is 33.9 Å². The molecule has 0 aliphatic heterocycles. The first kappa shape index (κ1) is 14.5. The normalized spacial score (nSPS) is 21.7. The number of pyridine rings is 1. The molecule has 108 valence electrons. The molecule has 0 aromatic carbocycles. The molecule has 1 saturated carbocycles. The van der Waals surface area contributed by atoms with Crippen LogP contribution in [0, 0.1) is 18.8 Å². The van der Waals surface area contributed by atoms with Crippen LogP contribution in [-0.2, 0) is 16.1 Å². The number of hydrogen-bond acceptors (Lipinski definition) is 3. The number of nitrogens with zero attached hydrogens (tertiary/aromatic N) is 2. The summed E-state index contributed by atoms with van der Waals surface area (Å²) in [4.78, 5) is 29.3. The van der Waals surface area contributed by atoms with Crippen molar-refractivity contribution in [1.82, 2.24) is 9.88 Å². The Morgan fingerprint density at radius 3 is 2.65 bits per heavy atom. The van der Waals surface area contributed by atoms with Crippen molar-refractivity contribution < 1.29 is 14.7 Å². The molecule has 0 bridgehead atoms. The third-order valence-electron chi connectivity index (χ3n) is 3.85. The molecule has 20 heavy (non-hydrogen) atoms. The number of carboxylic acids is 1. The lowest BCUT2D eigenvalue weighted by molar-refractivity contribution is -0.141. The van der Waals surface area contributed by atoms with Gasteiger partial charge < -0.3 is 10.0 Å². The number of aliphatic carboxylic acids is 1. The number of aromatic nitrogens is 1. The van der Waals surface area contributed by atoms with Crippen molar-refractivity contribution in [3.05, 3.63) is 29.6 Å². The molecule has 1 fully saturated rings. The van der Waals surface area contributed by atoms with E-state index in [2.05, 4.69) is 4.98 Å². The van der Waals surface area contributed by atoms with E-state index in [1.807, 2.05) is 25.1 Å². The molecule has 2 rings (SSSR count). The Morgan fingerprint density at radius 2 is 2.05 bits per heavy atom. The van der Waals surface area contributed by atoms with Crippen LogP contribution in [0.4, 0.5) is 0 Å². The largest absolute Gasteiger partial charge is 0.481 e. The lowest BCUT2D eigenvalue weighted by Gasteiger charge is -2.20. The second kappa shape index (κ2) is 6.03. The van der Waals surface area contributed by atoms with Gasteiger partial charge in [0.2, 0.25) is 5.91 Å². The fraction of sp³-hybridized carbons (Fsp3) is 0.533. The number of aryl methyl sites for hydroxylation is 1. The molecule has 5 nitrogen and oxygen atoms in total. The minimum Gasteiger partial charge on any atom is -0.481 e. The Bertz CT molecular complexity index is 516. The molecule has 1 amide bonds. The molecule has 0 radical (unpaired) electrons. The highest BCUT2D eigenvalue weighted by molar-refractivity contribution is 5.80. The van der Waals surface area contributed by atoms with E-state index in [0.717, 1.165) is 11.4 Å². The summed E-state index contributed by atoms with van der Waals surface area (Å²) in [7, 11) is 1.75.